The molecule has 0 spiro atoms. The molecule has 2 aromatic rings. The molecule has 0 atom stereocenters. The van der Waals surface area contributed by atoms with Gasteiger partial charge in [-0.25, -0.2) is 0 Å². The van der Waals surface area contributed by atoms with Crippen LogP contribution in [-0.2, 0) is 11.3 Å². The van der Waals surface area contributed by atoms with E-state index in [0.29, 0.717) is 6.54 Å². The molecule has 0 unspecified atom stereocenters. The molecule has 0 heterocycles. The van der Waals surface area contributed by atoms with Crippen molar-refractivity contribution in [2.24, 2.45) is 11.7 Å². The van der Waals surface area contributed by atoms with Crippen molar-refractivity contribution in [3.63, 3.8) is 0 Å². The molecule has 110 valence electrons. The number of carbonyl (C=O) groups excluding carboxylic acids is 1. The molecule has 3 nitrogen and oxygen atoms in total. The first-order valence-electron chi connectivity index (χ1n) is 7.74. The van der Waals surface area contributed by atoms with Gasteiger partial charge < -0.3 is 11.1 Å². The molecule has 3 rings (SSSR count). The van der Waals surface area contributed by atoms with Crippen molar-refractivity contribution in [3.8, 4) is 0 Å². The molecule has 3 N–H and O–H groups in total. The van der Waals surface area contributed by atoms with Gasteiger partial charge in [-0.3, -0.25) is 4.79 Å². The van der Waals surface area contributed by atoms with Gasteiger partial charge in [0.05, 0.1) is 0 Å². The second-order valence-electron chi connectivity index (χ2n) is 5.97. The maximum Gasteiger partial charge on any atom is 0.223 e. The number of carbonyl (C=O) groups is 1. The van der Waals surface area contributed by atoms with Crippen molar-refractivity contribution in [1.82, 2.24) is 5.32 Å². The summed E-state index contributed by atoms with van der Waals surface area (Å²) in [5.74, 6) is 0.314. The number of benzene rings is 2. The van der Waals surface area contributed by atoms with E-state index in [4.69, 9.17) is 5.73 Å². The van der Waals surface area contributed by atoms with Crippen molar-refractivity contribution < 1.29 is 4.79 Å². The van der Waals surface area contributed by atoms with Crippen molar-refractivity contribution in [2.75, 3.05) is 0 Å². The number of rotatable bonds is 3. The summed E-state index contributed by atoms with van der Waals surface area (Å²) in [6, 6.07) is 14.8. The van der Waals surface area contributed by atoms with E-state index < -0.39 is 0 Å². The highest BCUT2D eigenvalue weighted by Crippen LogP contribution is 2.24. The predicted octanol–water partition coefficient (Wildman–Crippen LogP) is 2.97. The lowest BCUT2D eigenvalue weighted by Crippen LogP contribution is -2.35. The molecule has 0 aromatic heterocycles. The molecule has 2 aromatic carbocycles. The van der Waals surface area contributed by atoms with Gasteiger partial charge in [-0.1, -0.05) is 42.5 Å². The molecule has 3 heteroatoms. The van der Waals surface area contributed by atoms with E-state index >= 15 is 0 Å². The summed E-state index contributed by atoms with van der Waals surface area (Å²) in [5, 5.41) is 5.53. The van der Waals surface area contributed by atoms with Gasteiger partial charge >= 0.3 is 0 Å². The second kappa shape index (κ2) is 6.27. The Morgan fingerprint density at radius 2 is 1.76 bits per heavy atom. The molecule has 0 bridgehead atoms. The SMILES string of the molecule is NC1CCC(C(=O)NCc2cccc3ccccc23)CC1. The zero-order valence-corrected chi connectivity index (χ0v) is 12.2. The van der Waals surface area contributed by atoms with Crippen molar-refractivity contribution in [1.29, 1.82) is 0 Å². The van der Waals surface area contributed by atoms with E-state index in [9.17, 15) is 4.79 Å². The van der Waals surface area contributed by atoms with Crippen LogP contribution in [0.4, 0.5) is 0 Å². The molecule has 1 fully saturated rings. The number of amides is 1. The Morgan fingerprint density at radius 1 is 1.05 bits per heavy atom. The zero-order chi connectivity index (χ0) is 14.7. The van der Waals surface area contributed by atoms with E-state index in [1.807, 2.05) is 18.2 Å². The van der Waals surface area contributed by atoms with Crippen LogP contribution in [0, 0.1) is 5.92 Å². The Morgan fingerprint density at radius 3 is 2.57 bits per heavy atom. The van der Waals surface area contributed by atoms with Gasteiger partial charge in [-0.15, -0.1) is 0 Å². The van der Waals surface area contributed by atoms with Crippen LogP contribution in [0.2, 0.25) is 0 Å². The molecule has 0 saturated heterocycles. The smallest absolute Gasteiger partial charge is 0.223 e. The largest absolute Gasteiger partial charge is 0.352 e. The first-order valence-corrected chi connectivity index (χ1v) is 7.74. The van der Waals surface area contributed by atoms with Crippen LogP contribution in [0.1, 0.15) is 31.2 Å². The van der Waals surface area contributed by atoms with Crippen molar-refractivity contribution in [3.05, 3.63) is 48.0 Å². The summed E-state index contributed by atoms with van der Waals surface area (Å²) in [5.41, 5.74) is 7.07. The van der Waals surface area contributed by atoms with E-state index in [1.165, 1.54) is 16.3 Å². The van der Waals surface area contributed by atoms with Gasteiger partial charge in [0.25, 0.3) is 0 Å². The average Bonchev–Trinajstić information content (AvgIpc) is 2.53. The molecule has 21 heavy (non-hydrogen) atoms. The Kier molecular flexibility index (Phi) is 4.20. The standard InChI is InChI=1S/C18H22N2O/c19-16-10-8-14(9-11-16)18(21)20-12-15-6-3-5-13-4-1-2-7-17(13)15/h1-7,14,16H,8-12,19H2,(H,20,21). The Labute approximate surface area is 125 Å². The predicted molar refractivity (Wildman–Crippen MR) is 85.7 cm³/mol. The monoisotopic (exact) mass is 282 g/mol. The van der Waals surface area contributed by atoms with E-state index in [0.717, 1.165) is 25.7 Å². The highest BCUT2D eigenvalue weighted by atomic mass is 16.1. The Bertz CT molecular complexity index is 625. The van der Waals surface area contributed by atoms with Crippen LogP contribution in [0.15, 0.2) is 42.5 Å². The van der Waals surface area contributed by atoms with Crippen molar-refractivity contribution in [2.45, 2.75) is 38.3 Å². The summed E-state index contributed by atoms with van der Waals surface area (Å²) >= 11 is 0. The molecule has 0 radical (unpaired) electrons. The third-order valence-electron chi connectivity index (χ3n) is 4.48. The lowest BCUT2D eigenvalue weighted by molar-refractivity contribution is -0.126. The third kappa shape index (κ3) is 3.24. The van der Waals surface area contributed by atoms with Gasteiger partial charge in [0, 0.05) is 18.5 Å². The summed E-state index contributed by atoms with van der Waals surface area (Å²) in [6.45, 7) is 0.600. The first kappa shape index (κ1) is 14.1. The number of nitrogens with one attached hydrogen (secondary N) is 1. The minimum atomic E-state index is 0.139. The summed E-state index contributed by atoms with van der Waals surface area (Å²) < 4.78 is 0. The highest BCUT2D eigenvalue weighted by molar-refractivity contribution is 5.86. The minimum Gasteiger partial charge on any atom is -0.352 e. The number of nitrogens with two attached hydrogens (primary N) is 1. The maximum absolute atomic E-state index is 12.3. The van der Waals surface area contributed by atoms with Gasteiger partial charge in [0.2, 0.25) is 5.91 Å². The number of fused-ring (bicyclic) bond motifs is 1. The Hall–Kier alpha value is -1.87. The van der Waals surface area contributed by atoms with Crippen LogP contribution in [0.5, 0.6) is 0 Å². The molecule has 1 aliphatic rings. The highest BCUT2D eigenvalue weighted by Gasteiger charge is 2.24. The fraction of sp³-hybridized carbons (Fsp3) is 0.389. The van der Waals surface area contributed by atoms with Gasteiger partial charge in [0.1, 0.15) is 0 Å². The van der Waals surface area contributed by atoms with Crippen LogP contribution >= 0.6 is 0 Å². The van der Waals surface area contributed by atoms with Crippen LogP contribution in [0.25, 0.3) is 10.8 Å². The Balaban J connectivity index is 1.65. The van der Waals surface area contributed by atoms with E-state index in [-0.39, 0.29) is 17.9 Å². The van der Waals surface area contributed by atoms with Gasteiger partial charge in [-0.05, 0) is 42.0 Å². The fourth-order valence-corrected chi connectivity index (χ4v) is 3.15. The number of hydrogen-bond donors (Lipinski definition) is 2. The number of hydrogen-bond acceptors (Lipinski definition) is 2. The van der Waals surface area contributed by atoms with E-state index in [2.05, 4.69) is 29.6 Å². The summed E-state index contributed by atoms with van der Waals surface area (Å²) in [4.78, 5) is 12.3. The second-order valence-corrected chi connectivity index (χ2v) is 5.97. The molecule has 1 saturated carbocycles. The fourth-order valence-electron chi connectivity index (χ4n) is 3.15. The summed E-state index contributed by atoms with van der Waals surface area (Å²) in [7, 11) is 0. The topological polar surface area (TPSA) is 55.1 Å². The molecule has 1 amide bonds. The molecule has 0 aliphatic heterocycles. The zero-order valence-electron chi connectivity index (χ0n) is 12.2. The van der Waals surface area contributed by atoms with Crippen LogP contribution < -0.4 is 11.1 Å². The van der Waals surface area contributed by atoms with Gasteiger partial charge in [-0.2, -0.15) is 0 Å². The van der Waals surface area contributed by atoms with Gasteiger partial charge in [0.15, 0.2) is 0 Å². The maximum atomic E-state index is 12.3. The first-order chi connectivity index (χ1) is 10.2. The minimum absolute atomic E-state index is 0.139. The van der Waals surface area contributed by atoms with Crippen LogP contribution in [0.3, 0.4) is 0 Å². The molecule has 1 aliphatic carbocycles. The molecular weight excluding hydrogens is 260 g/mol. The third-order valence-corrected chi connectivity index (χ3v) is 4.48. The lowest BCUT2D eigenvalue weighted by Gasteiger charge is -2.25. The average molecular weight is 282 g/mol. The van der Waals surface area contributed by atoms with Crippen LogP contribution in [-0.4, -0.2) is 11.9 Å². The lowest BCUT2D eigenvalue weighted by atomic mass is 9.86. The normalized spacial score (nSPS) is 22.1. The quantitative estimate of drug-likeness (QED) is 0.909. The summed E-state index contributed by atoms with van der Waals surface area (Å²) in [6.07, 6.45) is 3.77. The van der Waals surface area contributed by atoms with E-state index in [1.54, 1.807) is 0 Å². The molecular formula is C18H22N2O. The van der Waals surface area contributed by atoms with Crippen molar-refractivity contribution >= 4 is 16.7 Å².